The molecular formula is C14H17NO2S2. The van der Waals surface area contributed by atoms with Crippen molar-refractivity contribution in [2.45, 2.75) is 30.9 Å². The third-order valence-corrected chi connectivity index (χ3v) is 6.16. The topological polar surface area (TPSA) is 60.2 Å². The molecule has 102 valence electrons. The SMILES string of the molecule is CCc1ccc(CS(=O)(=O)c2ccc(N)cc2C)s1. The minimum Gasteiger partial charge on any atom is -0.399 e. The van der Waals surface area contributed by atoms with Gasteiger partial charge in [0.2, 0.25) is 0 Å². The lowest BCUT2D eigenvalue weighted by Gasteiger charge is -2.07. The Hall–Kier alpha value is -1.33. The molecule has 0 bridgehead atoms. The number of hydrogen-bond acceptors (Lipinski definition) is 4. The van der Waals surface area contributed by atoms with Crippen LogP contribution in [0.2, 0.25) is 0 Å². The third kappa shape index (κ3) is 3.16. The van der Waals surface area contributed by atoms with Gasteiger partial charge in [0.25, 0.3) is 0 Å². The Kier molecular flexibility index (Phi) is 3.96. The molecule has 0 atom stereocenters. The van der Waals surface area contributed by atoms with Gasteiger partial charge in [-0.05, 0) is 49.2 Å². The maximum absolute atomic E-state index is 12.4. The largest absolute Gasteiger partial charge is 0.399 e. The molecule has 0 saturated heterocycles. The zero-order valence-electron chi connectivity index (χ0n) is 11.0. The van der Waals surface area contributed by atoms with Crippen LogP contribution in [0, 0.1) is 6.92 Å². The predicted molar refractivity (Wildman–Crippen MR) is 80.2 cm³/mol. The molecule has 1 aromatic heterocycles. The Morgan fingerprint density at radius 1 is 1.16 bits per heavy atom. The van der Waals surface area contributed by atoms with Gasteiger partial charge in [0.05, 0.1) is 10.6 Å². The molecule has 19 heavy (non-hydrogen) atoms. The molecule has 0 saturated carbocycles. The van der Waals surface area contributed by atoms with Gasteiger partial charge in [-0.2, -0.15) is 0 Å². The Labute approximate surface area is 118 Å². The molecule has 0 spiro atoms. The predicted octanol–water partition coefficient (Wildman–Crippen LogP) is 3.18. The number of benzene rings is 1. The van der Waals surface area contributed by atoms with E-state index in [1.807, 2.05) is 12.1 Å². The summed E-state index contributed by atoms with van der Waals surface area (Å²) >= 11 is 1.56. The summed E-state index contributed by atoms with van der Waals surface area (Å²) in [6.45, 7) is 3.84. The summed E-state index contributed by atoms with van der Waals surface area (Å²) in [4.78, 5) is 2.46. The highest BCUT2D eigenvalue weighted by atomic mass is 32.2. The van der Waals surface area contributed by atoms with E-state index in [9.17, 15) is 8.42 Å². The zero-order valence-corrected chi connectivity index (χ0v) is 12.6. The number of sulfone groups is 1. The van der Waals surface area contributed by atoms with Gasteiger partial charge < -0.3 is 5.73 Å². The van der Waals surface area contributed by atoms with Gasteiger partial charge in [0, 0.05) is 15.4 Å². The van der Waals surface area contributed by atoms with Gasteiger partial charge in [0.1, 0.15) is 0 Å². The van der Waals surface area contributed by atoms with Crippen molar-refractivity contribution in [3.05, 3.63) is 45.6 Å². The summed E-state index contributed by atoms with van der Waals surface area (Å²) in [7, 11) is -3.30. The summed E-state index contributed by atoms with van der Waals surface area (Å²) < 4.78 is 24.8. The van der Waals surface area contributed by atoms with Crippen molar-refractivity contribution < 1.29 is 8.42 Å². The van der Waals surface area contributed by atoms with E-state index in [0.29, 0.717) is 16.1 Å². The Balaban J connectivity index is 2.32. The van der Waals surface area contributed by atoms with E-state index in [1.54, 1.807) is 36.5 Å². The average molecular weight is 295 g/mol. The highest BCUT2D eigenvalue weighted by molar-refractivity contribution is 7.90. The highest BCUT2D eigenvalue weighted by Crippen LogP contribution is 2.25. The molecule has 5 heteroatoms. The highest BCUT2D eigenvalue weighted by Gasteiger charge is 2.18. The maximum atomic E-state index is 12.4. The molecule has 0 radical (unpaired) electrons. The summed E-state index contributed by atoms with van der Waals surface area (Å²) in [5.74, 6) is 0.0580. The zero-order chi connectivity index (χ0) is 14.0. The molecule has 2 rings (SSSR count). The number of nitrogens with two attached hydrogens (primary N) is 1. The molecule has 0 aliphatic rings. The van der Waals surface area contributed by atoms with E-state index in [0.717, 1.165) is 11.3 Å². The molecule has 0 fully saturated rings. The van der Waals surface area contributed by atoms with Gasteiger partial charge in [0.15, 0.2) is 9.84 Å². The first-order chi connectivity index (χ1) is 8.92. The number of rotatable bonds is 4. The number of hydrogen-bond donors (Lipinski definition) is 1. The van der Waals surface area contributed by atoms with Crippen LogP contribution in [0.1, 0.15) is 22.2 Å². The van der Waals surface area contributed by atoms with Crippen LogP contribution in [-0.4, -0.2) is 8.42 Å². The van der Waals surface area contributed by atoms with E-state index >= 15 is 0 Å². The fourth-order valence-electron chi connectivity index (χ4n) is 1.98. The maximum Gasteiger partial charge on any atom is 0.183 e. The van der Waals surface area contributed by atoms with Crippen molar-refractivity contribution in [1.29, 1.82) is 0 Å². The standard InChI is InChI=1S/C14H17NO2S2/c1-3-12-5-6-13(18-12)9-19(16,17)14-7-4-11(15)8-10(14)2/h4-8H,3,9,15H2,1-2H3. The molecule has 0 unspecified atom stereocenters. The quantitative estimate of drug-likeness (QED) is 0.881. The lowest BCUT2D eigenvalue weighted by Crippen LogP contribution is -2.06. The lowest BCUT2D eigenvalue weighted by atomic mass is 10.2. The van der Waals surface area contributed by atoms with E-state index in [2.05, 4.69) is 6.92 Å². The Morgan fingerprint density at radius 3 is 2.42 bits per heavy atom. The smallest absolute Gasteiger partial charge is 0.183 e. The van der Waals surface area contributed by atoms with Crippen molar-refractivity contribution in [3.63, 3.8) is 0 Å². The van der Waals surface area contributed by atoms with E-state index in [-0.39, 0.29) is 5.75 Å². The summed E-state index contributed by atoms with van der Waals surface area (Å²) in [6, 6.07) is 8.80. The summed E-state index contributed by atoms with van der Waals surface area (Å²) in [6.07, 6.45) is 0.936. The number of thiophene rings is 1. The van der Waals surface area contributed by atoms with Crippen molar-refractivity contribution in [2.75, 3.05) is 5.73 Å². The van der Waals surface area contributed by atoms with Crippen LogP contribution < -0.4 is 5.73 Å². The molecule has 1 aromatic carbocycles. The third-order valence-electron chi connectivity index (χ3n) is 2.93. The second-order valence-corrected chi connectivity index (χ2v) is 7.72. The normalized spacial score (nSPS) is 11.7. The second kappa shape index (κ2) is 5.35. The molecular weight excluding hydrogens is 278 g/mol. The van der Waals surface area contributed by atoms with Crippen LogP contribution in [-0.2, 0) is 22.0 Å². The van der Waals surface area contributed by atoms with Crippen molar-refractivity contribution in [3.8, 4) is 0 Å². The van der Waals surface area contributed by atoms with Crippen LogP contribution in [0.25, 0.3) is 0 Å². The molecule has 3 nitrogen and oxygen atoms in total. The fourth-order valence-corrected chi connectivity index (χ4v) is 4.88. The summed E-state index contributed by atoms with van der Waals surface area (Å²) in [5, 5.41) is 0. The monoisotopic (exact) mass is 295 g/mol. The molecule has 0 amide bonds. The molecule has 2 N–H and O–H groups in total. The van der Waals surface area contributed by atoms with E-state index in [4.69, 9.17) is 5.73 Å². The second-order valence-electron chi connectivity index (χ2n) is 4.51. The van der Waals surface area contributed by atoms with Crippen LogP contribution >= 0.6 is 11.3 Å². The van der Waals surface area contributed by atoms with Crippen LogP contribution in [0.15, 0.2) is 35.2 Å². The van der Waals surface area contributed by atoms with Crippen molar-refractivity contribution in [2.24, 2.45) is 0 Å². The lowest BCUT2D eigenvalue weighted by molar-refractivity contribution is 0.595. The number of nitrogen functional groups attached to an aromatic ring is 1. The minimum absolute atomic E-state index is 0.0580. The Bertz CT molecular complexity index is 687. The number of anilines is 1. The fraction of sp³-hybridized carbons (Fsp3) is 0.286. The summed E-state index contributed by atoms with van der Waals surface area (Å²) in [5.41, 5.74) is 6.94. The molecule has 1 heterocycles. The van der Waals surface area contributed by atoms with Gasteiger partial charge in [-0.1, -0.05) is 6.92 Å². The first-order valence-electron chi connectivity index (χ1n) is 6.09. The van der Waals surface area contributed by atoms with Crippen molar-refractivity contribution >= 4 is 26.9 Å². The van der Waals surface area contributed by atoms with Gasteiger partial charge in [-0.25, -0.2) is 8.42 Å². The Morgan fingerprint density at radius 2 is 1.84 bits per heavy atom. The average Bonchev–Trinajstić information content (AvgIpc) is 2.75. The molecule has 2 aromatic rings. The molecule has 0 aliphatic carbocycles. The van der Waals surface area contributed by atoms with E-state index < -0.39 is 9.84 Å². The van der Waals surface area contributed by atoms with Crippen LogP contribution in [0.5, 0.6) is 0 Å². The number of aryl methyl sites for hydroxylation is 2. The van der Waals surface area contributed by atoms with Gasteiger partial charge in [-0.3, -0.25) is 0 Å². The van der Waals surface area contributed by atoms with Gasteiger partial charge >= 0.3 is 0 Å². The first kappa shape index (κ1) is 14.1. The van der Waals surface area contributed by atoms with E-state index in [1.165, 1.54) is 4.88 Å². The van der Waals surface area contributed by atoms with Gasteiger partial charge in [-0.15, -0.1) is 11.3 Å². The minimum atomic E-state index is -3.30. The molecule has 0 aliphatic heterocycles. The van der Waals surface area contributed by atoms with Crippen molar-refractivity contribution in [1.82, 2.24) is 0 Å². The first-order valence-corrected chi connectivity index (χ1v) is 8.55. The van der Waals surface area contributed by atoms with Crippen LogP contribution in [0.4, 0.5) is 5.69 Å². The van der Waals surface area contributed by atoms with Crippen LogP contribution in [0.3, 0.4) is 0 Å².